The summed E-state index contributed by atoms with van der Waals surface area (Å²) in [5.41, 5.74) is 0.987. The molecule has 2 heterocycles. The first-order chi connectivity index (χ1) is 15.6. The van der Waals surface area contributed by atoms with E-state index in [9.17, 15) is 19.2 Å². The van der Waals surface area contributed by atoms with Crippen molar-refractivity contribution in [3.8, 4) is 5.75 Å². The van der Waals surface area contributed by atoms with E-state index in [0.29, 0.717) is 37.3 Å². The standard InChI is InChI=1S/C25H34N2O6/c1-25(2,3)33-22(29)9-7-5-4-6-8-14-32-18-11-10-17-16-27(24(31)19(17)15-18)20-12-13-21(28)26-23(20)30/h10-11,15,20H,4-9,12-14,16H2,1-3H3,(H,26,28,30). The van der Waals surface area contributed by atoms with E-state index in [1.807, 2.05) is 32.9 Å². The number of fused-ring (bicyclic) bond motifs is 1. The summed E-state index contributed by atoms with van der Waals surface area (Å²) in [5.74, 6) is -0.408. The summed E-state index contributed by atoms with van der Waals surface area (Å²) in [6.45, 7) is 6.53. The predicted octanol–water partition coefficient (Wildman–Crippen LogP) is 3.51. The van der Waals surface area contributed by atoms with Gasteiger partial charge in [-0.15, -0.1) is 0 Å². The van der Waals surface area contributed by atoms with Crippen LogP contribution in [-0.4, -0.2) is 46.8 Å². The molecule has 8 nitrogen and oxygen atoms in total. The lowest BCUT2D eigenvalue weighted by molar-refractivity contribution is -0.155. The molecule has 3 amide bonds. The van der Waals surface area contributed by atoms with Gasteiger partial charge in [0.1, 0.15) is 17.4 Å². The van der Waals surface area contributed by atoms with Gasteiger partial charge in [0, 0.05) is 24.9 Å². The molecule has 0 aromatic heterocycles. The predicted molar refractivity (Wildman–Crippen MR) is 122 cm³/mol. The number of esters is 1. The zero-order valence-corrected chi connectivity index (χ0v) is 19.8. The molecule has 1 saturated heterocycles. The summed E-state index contributed by atoms with van der Waals surface area (Å²) < 4.78 is 11.1. The van der Waals surface area contributed by atoms with Crippen LogP contribution in [0, 0.1) is 0 Å². The molecule has 0 saturated carbocycles. The van der Waals surface area contributed by atoms with Gasteiger partial charge in [0.05, 0.1) is 6.61 Å². The van der Waals surface area contributed by atoms with Crippen molar-refractivity contribution in [3.05, 3.63) is 29.3 Å². The minimum atomic E-state index is -0.609. The first-order valence-corrected chi connectivity index (χ1v) is 11.8. The monoisotopic (exact) mass is 458 g/mol. The van der Waals surface area contributed by atoms with Crippen LogP contribution in [-0.2, 0) is 25.7 Å². The van der Waals surface area contributed by atoms with Crippen LogP contribution in [0.25, 0.3) is 0 Å². The van der Waals surface area contributed by atoms with Gasteiger partial charge < -0.3 is 14.4 Å². The minimum absolute atomic E-state index is 0.145. The maximum absolute atomic E-state index is 12.8. The summed E-state index contributed by atoms with van der Waals surface area (Å²) in [4.78, 5) is 49.6. The summed E-state index contributed by atoms with van der Waals surface area (Å²) in [6, 6.07) is 4.85. The van der Waals surface area contributed by atoms with E-state index in [4.69, 9.17) is 9.47 Å². The molecule has 1 atom stereocenters. The minimum Gasteiger partial charge on any atom is -0.494 e. The number of rotatable bonds is 10. The van der Waals surface area contributed by atoms with E-state index in [1.165, 1.54) is 4.90 Å². The van der Waals surface area contributed by atoms with Gasteiger partial charge >= 0.3 is 5.97 Å². The lowest BCUT2D eigenvalue weighted by Crippen LogP contribution is -2.52. The molecule has 0 bridgehead atoms. The largest absolute Gasteiger partial charge is 0.494 e. The summed E-state index contributed by atoms with van der Waals surface area (Å²) in [6.07, 6.45) is 5.76. The van der Waals surface area contributed by atoms with E-state index in [0.717, 1.165) is 37.7 Å². The number of benzene rings is 1. The highest BCUT2D eigenvalue weighted by molar-refractivity contribution is 6.05. The molecule has 1 fully saturated rings. The maximum atomic E-state index is 12.8. The quantitative estimate of drug-likeness (QED) is 0.327. The number of unbranched alkanes of at least 4 members (excludes halogenated alkanes) is 4. The van der Waals surface area contributed by atoms with Crippen LogP contribution in [0.5, 0.6) is 5.75 Å². The van der Waals surface area contributed by atoms with Gasteiger partial charge in [0.2, 0.25) is 11.8 Å². The number of nitrogens with zero attached hydrogens (tertiary/aromatic N) is 1. The van der Waals surface area contributed by atoms with Gasteiger partial charge in [0.25, 0.3) is 5.91 Å². The highest BCUT2D eigenvalue weighted by Gasteiger charge is 2.39. The SMILES string of the molecule is CC(C)(C)OC(=O)CCCCCCCOc1ccc2c(c1)C(=O)N(C1CCC(=O)NC1=O)C2. The fraction of sp³-hybridized carbons (Fsp3) is 0.600. The number of hydrogen-bond acceptors (Lipinski definition) is 6. The van der Waals surface area contributed by atoms with Gasteiger partial charge in [-0.25, -0.2) is 0 Å². The Morgan fingerprint density at radius 3 is 2.55 bits per heavy atom. The Bertz CT molecular complexity index is 905. The van der Waals surface area contributed by atoms with Crippen molar-refractivity contribution >= 4 is 23.7 Å². The van der Waals surface area contributed by atoms with Crippen LogP contribution in [0.4, 0.5) is 0 Å². The van der Waals surface area contributed by atoms with Gasteiger partial charge in [-0.3, -0.25) is 24.5 Å². The Hall–Kier alpha value is -2.90. The topological polar surface area (TPSA) is 102 Å². The molecule has 1 N–H and O–H groups in total. The number of nitrogens with one attached hydrogen (secondary N) is 1. The van der Waals surface area contributed by atoms with E-state index < -0.39 is 17.6 Å². The molecule has 0 spiro atoms. The maximum Gasteiger partial charge on any atom is 0.306 e. The zero-order valence-electron chi connectivity index (χ0n) is 19.8. The van der Waals surface area contributed by atoms with E-state index >= 15 is 0 Å². The summed E-state index contributed by atoms with van der Waals surface area (Å²) in [5, 5.41) is 2.31. The Morgan fingerprint density at radius 1 is 1.09 bits per heavy atom. The smallest absolute Gasteiger partial charge is 0.306 e. The Morgan fingerprint density at radius 2 is 1.82 bits per heavy atom. The number of carbonyl (C=O) groups excluding carboxylic acids is 4. The third kappa shape index (κ3) is 7.04. The second-order valence-electron chi connectivity index (χ2n) is 9.67. The van der Waals surface area contributed by atoms with E-state index in [1.54, 1.807) is 6.07 Å². The van der Waals surface area contributed by atoms with Crippen LogP contribution in [0.2, 0.25) is 0 Å². The molecule has 0 radical (unpaired) electrons. The molecule has 2 aliphatic heterocycles. The van der Waals surface area contributed by atoms with Crippen molar-refractivity contribution in [1.82, 2.24) is 10.2 Å². The van der Waals surface area contributed by atoms with Crippen molar-refractivity contribution < 1.29 is 28.7 Å². The summed E-state index contributed by atoms with van der Waals surface area (Å²) >= 11 is 0. The Balaban J connectivity index is 1.36. The first-order valence-electron chi connectivity index (χ1n) is 11.8. The fourth-order valence-electron chi connectivity index (χ4n) is 4.11. The van der Waals surface area contributed by atoms with Gasteiger partial charge in [0.15, 0.2) is 0 Å². The van der Waals surface area contributed by atoms with Crippen LogP contribution in [0.15, 0.2) is 18.2 Å². The normalized spacial score (nSPS) is 18.2. The molecule has 0 aliphatic carbocycles. The van der Waals surface area contributed by atoms with Crippen molar-refractivity contribution in [2.24, 2.45) is 0 Å². The number of imide groups is 1. The highest BCUT2D eigenvalue weighted by atomic mass is 16.6. The molecule has 1 aromatic carbocycles. The molecular weight excluding hydrogens is 424 g/mol. The number of ether oxygens (including phenoxy) is 2. The highest BCUT2D eigenvalue weighted by Crippen LogP contribution is 2.30. The van der Waals surface area contributed by atoms with Gasteiger partial charge in [-0.2, -0.15) is 0 Å². The third-order valence-electron chi connectivity index (χ3n) is 5.71. The van der Waals surface area contributed by atoms with Crippen LogP contribution in [0.1, 0.15) is 88.1 Å². The lowest BCUT2D eigenvalue weighted by atomic mass is 10.0. The lowest BCUT2D eigenvalue weighted by Gasteiger charge is -2.29. The molecular formula is C25H34N2O6. The molecule has 1 unspecified atom stereocenters. The molecule has 1 aromatic rings. The first kappa shape index (κ1) is 24.7. The zero-order chi connectivity index (χ0) is 24.0. The van der Waals surface area contributed by atoms with Crippen molar-refractivity contribution in [2.45, 2.75) is 90.3 Å². The van der Waals surface area contributed by atoms with Crippen molar-refractivity contribution in [3.63, 3.8) is 0 Å². The van der Waals surface area contributed by atoms with E-state index in [2.05, 4.69) is 5.32 Å². The number of hydrogen-bond donors (Lipinski definition) is 1. The van der Waals surface area contributed by atoms with Gasteiger partial charge in [-0.05, 0) is 57.7 Å². The van der Waals surface area contributed by atoms with Crippen molar-refractivity contribution in [1.29, 1.82) is 0 Å². The van der Waals surface area contributed by atoms with Crippen molar-refractivity contribution in [2.75, 3.05) is 6.61 Å². The average Bonchev–Trinajstić information content (AvgIpc) is 3.04. The Labute approximate surface area is 195 Å². The molecule has 2 aliphatic rings. The van der Waals surface area contributed by atoms with Crippen LogP contribution < -0.4 is 10.1 Å². The summed E-state index contributed by atoms with van der Waals surface area (Å²) in [7, 11) is 0. The molecule has 33 heavy (non-hydrogen) atoms. The number of carbonyl (C=O) groups is 4. The molecule has 3 rings (SSSR count). The number of piperidine rings is 1. The fourth-order valence-corrected chi connectivity index (χ4v) is 4.11. The second kappa shape index (κ2) is 10.8. The molecule has 8 heteroatoms. The second-order valence-corrected chi connectivity index (χ2v) is 9.67. The van der Waals surface area contributed by atoms with Crippen LogP contribution >= 0.6 is 0 Å². The molecule has 180 valence electrons. The van der Waals surface area contributed by atoms with E-state index in [-0.39, 0.29) is 24.2 Å². The average molecular weight is 459 g/mol. The number of amides is 3. The third-order valence-corrected chi connectivity index (χ3v) is 5.71. The Kier molecular flexibility index (Phi) is 8.10. The van der Waals surface area contributed by atoms with Gasteiger partial charge in [-0.1, -0.05) is 25.3 Å². The van der Waals surface area contributed by atoms with Crippen LogP contribution in [0.3, 0.4) is 0 Å².